The molecule has 0 saturated carbocycles. The highest BCUT2D eigenvalue weighted by molar-refractivity contribution is 5.95. The first-order chi connectivity index (χ1) is 10.1. The van der Waals surface area contributed by atoms with E-state index in [1.165, 1.54) is 5.56 Å². The lowest BCUT2D eigenvalue weighted by atomic mass is 9.97. The normalized spacial score (nSPS) is 16.2. The second-order valence-corrected chi connectivity index (χ2v) is 5.94. The summed E-state index contributed by atoms with van der Waals surface area (Å²) in [5.41, 5.74) is 3.03. The van der Waals surface area contributed by atoms with Crippen LogP contribution in [0.1, 0.15) is 41.3 Å². The van der Waals surface area contributed by atoms with E-state index in [1.807, 2.05) is 19.1 Å². The fourth-order valence-electron chi connectivity index (χ4n) is 2.49. The van der Waals surface area contributed by atoms with E-state index in [9.17, 15) is 4.79 Å². The molecule has 1 heterocycles. The molecule has 4 heteroatoms. The molecule has 0 radical (unpaired) electrons. The van der Waals surface area contributed by atoms with Gasteiger partial charge in [0.15, 0.2) is 0 Å². The summed E-state index contributed by atoms with van der Waals surface area (Å²) in [6.07, 6.45) is 0. The first-order valence-corrected chi connectivity index (χ1v) is 7.77. The third kappa shape index (κ3) is 4.55. The largest absolute Gasteiger partial charge is 0.379 e. The molecule has 1 fully saturated rings. The summed E-state index contributed by atoms with van der Waals surface area (Å²) in [6.45, 7) is 11.3. The third-order valence-corrected chi connectivity index (χ3v) is 3.99. The molecule has 1 saturated heterocycles. The summed E-state index contributed by atoms with van der Waals surface area (Å²) in [7, 11) is 0. The number of nitrogens with zero attached hydrogens (tertiary/aromatic N) is 1. The summed E-state index contributed by atoms with van der Waals surface area (Å²) < 4.78 is 5.32. The summed E-state index contributed by atoms with van der Waals surface area (Å²) in [6, 6.07) is 6.15. The highest BCUT2D eigenvalue weighted by atomic mass is 16.5. The lowest BCUT2D eigenvalue weighted by Gasteiger charge is -2.26. The number of carbonyl (C=O) groups excluding carboxylic acids is 1. The van der Waals surface area contributed by atoms with Gasteiger partial charge in [0.2, 0.25) is 0 Å². The van der Waals surface area contributed by atoms with Crippen molar-refractivity contribution in [3.05, 3.63) is 34.9 Å². The van der Waals surface area contributed by atoms with Gasteiger partial charge in [0.1, 0.15) is 0 Å². The van der Waals surface area contributed by atoms with Crippen molar-refractivity contribution >= 4 is 5.91 Å². The van der Waals surface area contributed by atoms with E-state index < -0.39 is 0 Å². The Kier molecular flexibility index (Phi) is 5.76. The summed E-state index contributed by atoms with van der Waals surface area (Å²) >= 11 is 0. The van der Waals surface area contributed by atoms with Gasteiger partial charge in [0.25, 0.3) is 5.91 Å². The van der Waals surface area contributed by atoms with E-state index in [2.05, 4.69) is 30.1 Å². The van der Waals surface area contributed by atoms with Gasteiger partial charge in [-0.3, -0.25) is 9.69 Å². The number of ether oxygens (including phenoxy) is 1. The SMILES string of the molecule is Cc1ccc(C(C)C)cc1C(=O)NCCN1CCOCC1. The number of hydrogen-bond donors (Lipinski definition) is 1. The number of amides is 1. The minimum atomic E-state index is 0.0308. The molecule has 1 aliphatic heterocycles. The number of benzene rings is 1. The van der Waals surface area contributed by atoms with Gasteiger partial charge < -0.3 is 10.1 Å². The van der Waals surface area contributed by atoms with Gasteiger partial charge in [0, 0.05) is 31.7 Å². The zero-order valence-corrected chi connectivity index (χ0v) is 13.3. The maximum atomic E-state index is 12.3. The standard InChI is InChI=1S/C17H26N2O2/c1-13(2)15-5-4-14(3)16(12-15)17(20)18-6-7-19-8-10-21-11-9-19/h4-5,12-13H,6-11H2,1-3H3,(H,18,20). The smallest absolute Gasteiger partial charge is 0.251 e. The van der Waals surface area contributed by atoms with Gasteiger partial charge in [-0.25, -0.2) is 0 Å². The minimum absolute atomic E-state index is 0.0308. The van der Waals surface area contributed by atoms with Crippen LogP contribution in [0.5, 0.6) is 0 Å². The Morgan fingerprint density at radius 1 is 1.33 bits per heavy atom. The molecule has 0 aliphatic carbocycles. The molecule has 21 heavy (non-hydrogen) atoms. The van der Waals surface area contributed by atoms with Crippen LogP contribution < -0.4 is 5.32 Å². The highest BCUT2D eigenvalue weighted by Gasteiger charge is 2.13. The van der Waals surface area contributed by atoms with Crippen LogP contribution in [-0.4, -0.2) is 50.2 Å². The molecule has 0 aromatic heterocycles. The number of aryl methyl sites for hydroxylation is 1. The van der Waals surface area contributed by atoms with Crippen LogP contribution in [0.2, 0.25) is 0 Å². The van der Waals surface area contributed by atoms with E-state index in [1.54, 1.807) is 0 Å². The Hall–Kier alpha value is -1.39. The molecular weight excluding hydrogens is 264 g/mol. The van der Waals surface area contributed by atoms with E-state index in [0.29, 0.717) is 12.5 Å². The molecule has 1 N–H and O–H groups in total. The number of nitrogens with one attached hydrogen (secondary N) is 1. The average molecular weight is 290 g/mol. The van der Waals surface area contributed by atoms with E-state index >= 15 is 0 Å². The second kappa shape index (κ2) is 7.57. The number of morpholine rings is 1. The van der Waals surface area contributed by atoms with Gasteiger partial charge in [-0.05, 0) is 30.0 Å². The molecule has 1 amide bonds. The van der Waals surface area contributed by atoms with Crippen molar-refractivity contribution in [1.82, 2.24) is 10.2 Å². The molecule has 0 unspecified atom stereocenters. The molecule has 1 aromatic rings. The Bertz CT molecular complexity index is 480. The van der Waals surface area contributed by atoms with Crippen molar-refractivity contribution in [3.63, 3.8) is 0 Å². The fraction of sp³-hybridized carbons (Fsp3) is 0.588. The summed E-state index contributed by atoms with van der Waals surface area (Å²) in [5.74, 6) is 0.466. The summed E-state index contributed by atoms with van der Waals surface area (Å²) in [4.78, 5) is 14.6. The van der Waals surface area contributed by atoms with Gasteiger partial charge in [-0.2, -0.15) is 0 Å². The maximum absolute atomic E-state index is 12.3. The van der Waals surface area contributed by atoms with Crippen LogP contribution in [0, 0.1) is 6.92 Å². The maximum Gasteiger partial charge on any atom is 0.251 e. The molecule has 0 spiro atoms. The highest BCUT2D eigenvalue weighted by Crippen LogP contribution is 2.18. The monoisotopic (exact) mass is 290 g/mol. The zero-order chi connectivity index (χ0) is 15.2. The predicted molar refractivity (Wildman–Crippen MR) is 84.9 cm³/mol. The number of rotatable bonds is 5. The Morgan fingerprint density at radius 3 is 2.71 bits per heavy atom. The van der Waals surface area contributed by atoms with Crippen molar-refractivity contribution in [2.24, 2.45) is 0 Å². The molecule has 0 atom stereocenters. The van der Waals surface area contributed by atoms with Crippen LogP contribution in [-0.2, 0) is 4.74 Å². The Labute approximate surface area is 127 Å². The summed E-state index contributed by atoms with van der Waals surface area (Å²) in [5, 5.41) is 3.03. The fourth-order valence-corrected chi connectivity index (χ4v) is 2.49. The molecular formula is C17H26N2O2. The van der Waals surface area contributed by atoms with Crippen molar-refractivity contribution in [2.45, 2.75) is 26.7 Å². The van der Waals surface area contributed by atoms with Crippen LogP contribution >= 0.6 is 0 Å². The van der Waals surface area contributed by atoms with Crippen LogP contribution in [0.3, 0.4) is 0 Å². The van der Waals surface area contributed by atoms with Gasteiger partial charge in [-0.1, -0.05) is 26.0 Å². The van der Waals surface area contributed by atoms with E-state index in [0.717, 1.165) is 44.0 Å². The first kappa shape index (κ1) is 16.0. The van der Waals surface area contributed by atoms with E-state index in [4.69, 9.17) is 4.74 Å². The first-order valence-electron chi connectivity index (χ1n) is 7.77. The van der Waals surface area contributed by atoms with Crippen molar-refractivity contribution < 1.29 is 9.53 Å². The molecule has 1 aliphatic rings. The van der Waals surface area contributed by atoms with Gasteiger partial charge in [0.05, 0.1) is 13.2 Å². The average Bonchev–Trinajstić information content (AvgIpc) is 2.48. The van der Waals surface area contributed by atoms with Gasteiger partial charge >= 0.3 is 0 Å². The topological polar surface area (TPSA) is 41.6 Å². The van der Waals surface area contributed by atoms with Crippen LogP contribution in [0.15, 0.2) is 18.2 Å². The molecule has 4 nitrogen and oxygen atoms in total. The van der Waals surface area contributed by atoms with Crippen molar-refractivity contribution in [3.8, 4) is 0 Å². The van der Waals surface area contributed by atoms with Crippen molar-refractivity contribution in [1.29, 1.82) is 0 Å². The molecule has 2 rings (SSSR count). The third-order valence-electron chi connectivity index (χ3n) is 3.99. The second-order valence-electron chi connectivity index (χ2n) is 5.94. The lowest BCUT2D eigenvalue weighted by Crippen LogP contribution is -2.41. The molecule has 1 aromatic carbocycles. The van der Waals surface area contributed by atoms with Gasteiger partial charge in [-0.15, -0.1) is 0 Å². The quantitative estimate of drug-likeness (QED) is 0.904. The Morgan fingerprint density at radius 2 is 2.05 bits per heavy atom. The lowest BCUT2D eigenvalue weighted by molar-refractivity contribution is 0.0383. The van der Waals surface area contributed by atoms with E-state index in [-0.39, 0.29) is 5.91 Å². The van der Waals surface area contributed by atoms with Crippen LogP contribution in [0.25, 0.3) is 0 Å². The zero-order valence-electron chi connectivity index (χ0n) is 13.3. The van der Waals surface area contributed by atoms with Crippen LogP contribution in [0.4, 0.5) is 0 Å². The van der Waals surface area contributed by atoms with Crippen molar-refractivity contribution in [2.75, 3.05) is 39.4 Å². The number of carbonyl (C=O) groups is 1. The minimum Gasteiger partial charge on any atom is -0.379 e. The molecule has 0 bridgehead atoms. The predicted octanol–water partition coefficient (Wildman–Crippen LogP) is 2.18. The number of hydrogen-bond acceptors (Lipinski definition) is 3. The molecule has 116 valence electrons. The Balaban J connectivity index is 1.89.